The maximum atomic E-state index is 12.8. The molecular formula is C23H19N5O3S. The van der Waals surface area contributed by atoms with Crippen LogP contribution in [-0.4, -0.2) is 30.3 Å². The van der Waals surface area contributed by atoms with E-state index in [0.717, 1.165) is 16.8 Å². The second kappa shape index (κ2) is 8.16. The fourth-order valence-electron chi connectivity index (χ4n) is 3.91. The van der Waals surface area contributed by atoms with Crippen LogP contribution in [0.3, 0.4) is 0 Å². The van der Waals surface area contributed by atoms with E-state index in [1.807, 2.05) is 13.0 Å². The number of nitro groups is 1. The van der Waals surface area contributed by atoms with Crippen molar-refractivity contribution in [3.63, 3.8) is 0 Å². The summed E-state index contributed by atoms with van der Waals surface area (Å²) in [4.78, 5) is 32.5. The molecule has 5 rings (SSSR count). The third-order valence-electron chi connectivity index (χ3n) is 5.60. The molecule has 0 saturated carbocycles. The van der Waals surface area contributed by atoms with Gasteiger partial charge in [0.1, 0.15) is 0 Å². The van der Waals surface area contributed by atoms with Gasteiger partial charge in [-0.3, -0.25) is 14.9 Å². The van der Waals surface area contributed by atoms with Gasteiger partial charge in [-0.15, -0.1) is 5.10 Å². The quantitative estimate of drug-likeness (QED) is 0.252. The number of carbonyl (C=O) groups excluding carboxylic acids is 1. The van der Waals surface area contributed by atoms with Gasteiger partial charge in [0.25, 0.3) is 11.5 Å². The molecule has 0 unspecified atom stereocenters. The zero-order valence-electron chi connectivity index (χ0n) is 17.3. The van der Waals surface area contributed by atoms with E-state index >= 15 is 0 Å². The van der Waals surface area contributed by atoms with E-state index in [4.69, 9.17) is 0 Å². The molecule has 0 amide bonds. The standard InChI is InChI=1S/C23H19N5O3S/c1-14-5-7-16(8-6-14)17-10-20-19(21(29)11-17)12-27-22(24-20)25-23(26-27)32-13-15-3-2-4-18(9-15)28(30)31/h2-9,12,17H,10-11,13H2,1H3/t17-/m0/s1. The first-order chi connectivity index (χ1) is 15.5. The molecule has 0 fully saturated rings. The number of Topliss-reactive ketones (excluding diaryl/α,β-unsaturated/α-hetero) is 1. The summed E-state index contributed by atoms with van der Waals surface area (Å²) < 4.78 is 1.54. The summed E-state index contributed by atoms with van der Waals surface area (Å²) in [7, 11) is 0. The molecule has 1 atom stereocenters. The average molecular weight is 446 g/mol. The van der Waals surface area contributed by atoms with E-state index in [0.29, 0.717) is 35.1 Å². The van der Waals surface area contributed by atoms with E-state index in [-0.39, 0.29) is 17.4 Å². The van der Waals surface area contributed by atoms with E-state index in [1.165, 1.54) is 23.4 Å². The number of aryl methyl sites for hydroxylation is 1. The molecule has 0 aliphatic heterocycles. The number of ketones is 1. The Bertz CT molecular complexity index is 1350. The van der Waals surface area contributed by atoms with Gasteiger partial charge in [0.2, 0.25) is 5.16 Å². The van der Waals surface area contributed by atoms with Crippen LogP contribution in [0.15, 0.2) is 59.9 Å². The number of hydrogen-bond acceptors (Lipinski definition) is 7. The molecule has 1 aliphatic carbocycles. The van der Waals surface area contributed by atoms with Gasteiger partial charge in [0, 0.05) is 30.5 Å². The lowest BCUT2D eigenvalue weighted by atomic mass is 9.82. The zero-order chi connectivity index (χ0) is 22.2. The topological polar surface area (TPSA) is 103 Å². The van der Waals surface area contributed by atoms with Gasteiger partial charge in [-0.25, -0.2) is 9.50 Å². The molecule has 4 aromatic rings. The number of hydrogen-bond donors (Lipinski definition) is 0. The molecule has 0 bridgehead atoms. The van der Waals surface area contributed by atoms with Crippen LogP contribution in [0.2, 0.25) is 0 Å². The van der Waals surface area contributed by atoms with Crippen molar-refractivity contribution in [2.45, 2.75) is 36.6 Å². The number of nitrogens with zero attached hydrogens (tertiary/aromatic N) is 5. The van der Waals surface area contributed by atoms with Crippen LogP contribution in [0, 0.1) is 17.0 Å². The Hall–Kier alpha value is -3.59. The largest absolute Gasteiger partial charge is 0.294 e. The summed E-state index contributed by atoms with van der Waals surface area (Å²) in [5, 5.41) is 15.9. The summed E-state index contributed by atoms with van der Waals surface area (Å²) in [6.45, 7) is 2.04. The van der Waals surface area contributed by atoms with E-state index in [9.17, 15) is 14.9 Å². The van der Waals surface area contributed by atoms with E-state index < -0.39 is 4.92 Å². The zero-order valence-corrected chi connectivity index (χ0v) is 18.1. The number of aromatic nitrogens is 4. The molecule has 2 heterocycles. The summed E-state index contributed by atoms with van der Waals surface area (Å²) >= 11 is 1.37. The molecule has 0 radical (unpaired) electrons. The molecule has 0 saturated heterocycles. The second-order valence-electron chi connectivity index (χ2n) is 7.89. The molecule has 8 nitrogen and oxygen atoms in total. The number of carbonyl (C=O) groups is 1. The highest BCUT2D eigenvalue weighted by atomic mass is 32.2. The monoisotopic (exact) mass is 445 g/mol. The number of non-ortho nitro benzene ring substituents is 1. The van der Waals surface area contributed by atoms with Gasteiger partial charge >= 0.3 is 0 Å². The predicted octanol–water partition coefficient (Wildman–Crippen LogP) is 4.55. The molecule has 32 heavy (non-hydrogen) atoms. The average Bonchev–Trinajstić information content (AvgIpc) is 3.19. The smallest absolute Gasteiger partial charge is 0.269 e. The highest BCUT2D eigenvalue weighted by Crippen LogP contribution is 2.32. The van der Waals surface area contributed by atoms with Crippen molar-refractivity contribution in [3.05, 3.63) is 92.8 Å². The summed E-state index contributed by atoms with van der Waals surface area (Å²) in [5.41, 5.74) is 4.55. The molecule has 1 aliphatic rings. The highest BCUT2D eigenvalue weighted by Gasteiger charge is 2.28. The van der Waals surface area contributed by atoms with Crippen molar-refractivity contribution in [1.29, 1.82) is 0 Å². The first kappa shape index (κ1) is 20.3. The number of thioether (sulfide) groups is 1. The Balaban J connectivity index is 1.38. The van der Waals surface area contributed by atoms with Gasteiger partial charge in [-0.2, -0.15) is 4.98 Å². The van der Waals surface area contributed by atoms with E-state index in [2.05, 4.69) is 39.3 Å². The van der Waals surface area contributed by atoms with Crippen molar-refractivity contribution in [2.75, 3.05) is 0 Å². The molecular weight excluding hydrogens is 426 g/mol. The number of benzene rings is 2. The summed E-state index contributed by atoms with van der Waals surface area (Å²) in [6.07, 6.45) is 2.85. The van der Waals surface area contributed by atoms with Crippen molar-refractivity contribution >= 4 is 29.0 Å². The van der Waals surface area contributed by atoms with Crippen molar-refractivity contribution in [2.24, 2.45) is 0 Å². The predicted molar refractivity (Wildman–Crippen MR) is 120 cm³/mol. The van der Waals surface area contributed by atoms with Crippen LogP contribution in [0.5, 0.6) is 0 Å². The highest BCUT2D eigenvalue weighted by molar-refractivity contribution is 7.98. The van der Waals surface area contributed by atoms with E-state index in [1.54, 1.807) is 22.8 Å². The number of fused-ring (bicyclic) bond motifs is 2. The summed E-state index contributed by atoms with van der Waals surface area (Å²) in [6, 6.07) is 14.8. The SMILES string of the molecule is Cc1ccc([C@@H]2CC(=O)c3cn4nc(SCc5cccc([N+](=O)[O-])c5)nc4nc3C2)cc1. The minimum Gasteiger partial charge on any atom is -0.294 e. The lowest BCUT2D eigenvalue weighted by Crippen LogP contribution is -2.21. The Morgan fingerprint density at radius 2 is 1.97 bits per heavy atom. The first-order valence-electron chi connectivity index (χ1n) is 10.2. The Morgan fingerprint density at radius 1 is 1.16 bits per heavy atom. The molecule has 160 valence electrons. The minimum atomic E-state index is -0.410. The van der Waals surface area contributed by atoms with Gasteiger partial charge in [0.15, 0.2) is 5.78 Å². The van der Waals surface area contributed by atoms with Crippen LogP contribution in [-0.2, 0) is 12.2 Å². The normalized spacial score (nSPS) is 15.7. The van der Waals surface area contributed by atoms with Crippen molar-refractivity contribution in [3.8, 4) is 0 Å². The van der Waals surface area contributed by atoms with Gasteiger partial charge in [0.05, 0.1) is 16.2 Å². The molecule has 9 heteroatoms. The summed E-state index contributed by atoms with van der Waals surface area (Å²) in [5.74, 6) is 1.11. The Morgan fingerprint density at radius 3 is 2.75 bits per heavy atom. The maximum absolute atomic E-state index is 12.8. The molecule has 0 spiro atoms. The van der Waals surface area contributed by atoms with Crippen LogP contribution in [0.1, 0.15) is 45.1 Å². The first-order valence-corrected chi connectivity index (χ1v) is 11.2. The molecule has 2 aromatic heterocycles. The lowest BCUT2D eigenvalue weighted by molar-refractivity contribution is -0.384. The Kier molecular flexibility index (Phi) is 5.18. The van der Waals surface area contributed by atoms with Gasteiger partial charge < -0.3 is 0 Å². The maximum Gasteiger partial charge on any atom is 0.269 e. The third-order valence-corrected chi connectivity index (χ3v) is 6.51. The van der Waals surface area contributed by atoms with Crippen LogP contribution in [0.4, 0.5) is 5.69 Å². The number of rotatable bonds is 5. The van der Waals surface area contributed by atoms with Crippen LogP contribution in [0.25, 0.3) is 5.78 Å². The van der Waals surface area contributed by atoms with Crippen LogP contribution < -0.4 is 0 Å². The Labute approximate surface area is 187 Å². The van der Waals surface area contributed by atoms with Crippen molar-refractivity contribution < 1.29 is 9.72 Å². The van der Waals surface area contributed by atoms with Gasteiger partial charge in [-0.1, -0.05) is 53.7 Å². The molecule has 0 N–H and O–H groups in total. The van der Waals surface area contributed by atoms with Crippen LogP contribution >= 0.6 is 11.8 Å². The second-order valence-corrected chi connectivity index (χ2v) is 8.84. The van der Waals surface area contributed by atoms with Crippen molar-refractivity contribution in [1.82, 2.24) is 19.6 Å². The minimum absolute atomic E-state index is 0.0574. The molecule has 2 aromatic carbocycles. The third kappa shape index (κ3) is 3.99. The fourth-order valence-corrected chi connectivity index (χ4v) is 4.67. The fraction of sp³-hybridized carbons (Fsp3) is 0.217. The lowest BCUT2D eigenvalue weighted by Gasteiger charge is -2.23. The number of nitro benzene ring substituents is 1. The van der Waals surface area contributed by atoms with Gasteiger partial charge in [-0.05, 0) is 30.4 Å².